The molecule has 0 aliphatic heterocycles. The molecule has 1 aliphatic rings. The van der Waals surface area contributed by atoms with Gasteiger partial charge in [-0.3, -0.25) is 10.1 Å². The summed E-state index contributed by atoms with van der Waals surface area (Å²) < 4.78 is 0. The molecule has 1 aromatic rings. The van der Waals surface area contributed by atoms with Crippen molar-refractivity contribution in [2.45, 2.75) is 45.1 Å². The van der Waals surface area contributed by atoms with Crippen LogP contribution >= 0.6 is 0 Å². The zero-order valence-corrected chi connectivity index (χ0v) is 12.3. The van der Waals surface area contributed by atoms with E-state index in [0.717, 1.165) is 12.8 Å². The summed E-state index contributed by atoms with van der Waals surface area (Å²) in [5.74, 6) is 0.505. The summed E-state index contributed by atoms with van der Waals surface area (Å²) in [4.78, 5) is 18.9. The molecule has 21 heavy (non-hydrogen) atoms. The van der Waals surface area contributed by atoms with Crippen LogP contribution in [0.25, 0.3) is 0 Å². The third-order valence-corrected chi connectivity index (χ3v) is 3.69. The number of anilines is 2. The highest BCUT2D eigenvalue weighted by molar-refractivity contribution is 5.61. The Labute approximate surface area is 123 Å². The number of nitrogens with one attached hydrogen (secondary N) is 2. The summed E-state index contributed by atoms with van der Waals surface area (Å²) in [6.45, 7) is 4.36. The van der Waals surface area contributed by atoms with Gasteiger partial charge in [-0.25, -0.2) is 4.98 Å². The third kappa shape index (κ3) is 3.57. The number of nitro groups is 1. The lowest BCUT2D eigenvalue weighted by atomic mass is 10.0. The van der Waals surface area contributed by atoms with E-state index in [1.54, 1.807) is 6.92 Å². The lowest BCUT2D eigenvalue weighted by molar-refractivity contribution is -0.385. The number of aliphatic hydroxyl groups is 1. The molecule has 0 unspecified atom stereocenters. The Hall–Kier alpha value is -1.96. The maximum atomic E-state index is 11.2. The summed E-state index contributed by atoms with van der Waals surface area (Å²) in [6.07, 6.45) is 3.37. The molecule has 0 atom stereocenters. The van der Waals surface area contributed by atoms with Crippen molar-refractivity contribution in [3.63, 3.8) is 0 Å². The van der Waals surface area contributed by atoms with E-state index < -0.39 is 10.5 Å². The second-order valence-electron chi connectivity index (χ2n) is 5.40. The van der Waals surface area contributed by atoms with Gasteiger partial charge in [0.05, 0.1) is 10.5 Å². The summed E-state index contributed by atoms with van der Waals surface area (Å²) in [7, 11) is 0. The minimum absolute atomic E-state index is 0.141. The molecule has 116 valence electrons. The van der Waals surface area contributed by atoms with Gasteiger partial charge in [0.15, 0.2) is 0 Å². The fourth-order valence-corrected chi connectivity index (χ4v) is 2.60. The van der Waals surface area contributed by atoms with Crippen molar-refractivity contribution in [3.05, 3.63) is 15.8 Å². The molecule has 8 nitrogen and oxygen atoms in total. The van der Waals surface area contributed by atoms with E-state index in [4.69, 9.17) is 0 Å². The first kappa shape index (κ1) is 15.4. The average Bonchev–Trinajstić information content (AvgIpc) is 2.83. The highest BCUT2D eigenvalue weighted by atomic mass is 16.6. The number of aryl methyl sites for hydroxylation is 1. The number of aromatic nitrogens is 2. The topological polar surface area (TPSA) is 113 Å². The minimum Gasteiger partial charge on any atom is -0.388 e. The van der Waals surface area contributed by atoms with Crippen LogP contribution < -0.4 is 10.6 Å². The predicted molar refractivity (Wildman–Crippen MR) is 79.5 cm³/mol. The van der Waals surface area contributed by atoms with Crippen molar-refractivity contribution in [1.29, 1.82) is 0 Å². The van der Waals surface area contributed by atoms with Crippen LogP contribution in [0.4, 0.5) is 17.5 Å². The third-order valence-electron chi connectivity index (χ3n) is 3.69. The monoisotopic (exact) mass is 295 g/mol. The van der Waals surface area contributed by atoms with Gasteiger partial charge in [-0.05, 0) is 26.7 Å². The molecule has 0 radical (unpaired) electrons. The van der Waals surface area contributed by atoms with Crippen molar-refractivity contribution in [1.82, 2.24) is 9.97 Å². The molecule has 0 amide bonds. The van der Waals surface area contributed by atoms with Crippen LogP contribution in [0.2, 0.25) is 0 Å². The fourth-order valence-electron chi connectivity index (χ4n) is 2.60. The van der Waals surface area contributed by atoms with Crippen LogP contribution in [-0.4, -0.2) is 38.7 Å². The molecule has 2 rings (SSSR count). The van der Waals surface area contributed by atoms with Crippen LogP contribution in [0, 0.1) is 17.0 Å². The average molecular weight is 295 g/mol. The molecular formula is C13H21N5O3. The van der Waals surface area contributed by atoms with E-state index >= 15 is 0 Å². The first-order valence-corrected chi connectivity index (χ1v) is 7.18. The van der Waals surface area contributed by atoms with Crippen molar-refractivity contribution >= 4 is 17.5 Å². The van der Waals surface area contributed by atoms with Crippen molar-refractivity contribution in [3.8, 4) is 0 Å². The number of hydrogen-bond acceptors (Lipinski definition) is 7. The molecule has 1 fully saturated rings. The Morgan fingerprint density at radius 1 is 1.33 bits per heavy atom. The van der Waals surface area contributed by atoms with Gasteiger partial charge in [-0.1, -0.05) is 12.8 Å². The Bertz CT molecular complexity index is 529. The maximum absolute atomic E-state index is 11.2. The zero-order valence-electron chi connectivity index (χ0n) is 12.3. The molecule has 0 spiro atoms. The Kier molecular flexibility index (Phi) is 4.56. The molecule has 3 N–H and O–H groups in total. The molecule has 0 aromatic carbocycles. The van der Waals surface area contributed by atoms with Gasteiger partial charge in [0.1, 0.15) is 5.69 Å². The normalized spacial score (nSPS) is 16.7. The Balaban J connectivity index is 2.24. The molecule has 0 saturated heterocycles. The Morgan fingerprint density at radius 2 is 2.00 bits per heavy atom. The minimum atomic E-state index is -0.801. The fraction of sp³-hybridized carbons (Fsp3) is 0.692. The SMILES string of the molecule is CCNc1nc(C)c([N+](=O)[O-])c(NCC2(O)CCCC2)n1. The number of nitrogens with zero attached hydrogens (tertiary/aromatic N) is 3. The van der Waals surface area contributed by atoms with Crippen LogP contribution in [-0.2, 0) is 0 Å². The summed E-state index contributed by atoms with van der Waals surface area (Å²) in [5, 5.41) is 27.4. The molecule has 1 saturated carbocycles. The van der Waals surface area contributed by atoms with Gasteiger partial charge in [0.2, 0.25) is 11.8 Å². The van der Waals surface area contributed by atoms with Gasteiger partial charge in [0, 0.05) is 13.1 Å². The van der Waals surface area contributed by atoms with E-state index in [1.165, 1.54) is 0 Å². The number of rotatable bonds is 6. The molecular weight excluding hydrogens is 274 g/mol. The predicted octanol–water partition coefficient (Wildman–Crippen LogP) is 1.84. The van der Waals surface area contributed by atoms with Crippen molar-refractivity contribution in [2.24, 2.45) is 0 Å². The molecule has 1 heterocycles. The second-order valence-corrected chi connectivity index (χ2v) is 5.40. The number of hydrogen-bond donors (Lipinski definition) is 3. The van der Waals surface area contributed by atoms with Gasteiger partial charge >= 0.3 is 5.69 Å². The Morgan fingerprint density at radius 3 is 2.57 bits per heavy atom. The van der Waals surface area contributed by atoms with Crippen LogP contribution in [0.5, 0.6) is 0 Å². The van der Waals surface area contributed by atoms with Crippen LogP contribution in [0.15, 0.2) is 0 Å². The lowest BCUT2D eigenvalue weighted by Crippen LogP contribution is -2.34. The van der Waals surface area contributed by atoms with Crippen LogP contribution in [0.3, 0.4) is 0 Å². The highest BCUT2D eigenvalue weighted by Gasteiger charge is 2.32. The summed E-state index contributed by atoms with van der Waals surface area (Å²) in [5.41, 5.74) is -0.643. The summed E-state index contributed by atoms with van der Waals surface area (Å²) >= 11 is 0. The molecule has 1 aliphatic carbocycles. The highest BCUT2D eigenvalue weighted by Crippen LogP contribution is 2.31. The first-order chi connectivity index (χ1) is 9.95. The van der Waals surface area contributed by atoms with Gasteiger partial charge in [0.25, 0.3) is 0 Å². The zero-order chi connectivity index (χ0) is 15.5. The van der Waals surface area contributed by atoms with Gasteiger partial charge in [-0.2, -0.15) is 4.98 Å². The smallest absolute Gasteiger partial charge is 0.332 e. The lowest BCUT2D eigenvalue weighted by Gasteiger charge is -2.22. The second kappa shape index (κ2) is 6.21. The summed E-state index contributed by atoms with van der Waals surface area (Å²) in [6, 6.07) is 0. The largest absolute Gasteiger partial charge is 0.388 e. The van der Waals surface area contributed by atoms with E-state index in [-0.39, 0.29) is 18.1 Å². The standard InChI is InChI=1S/C13H21N5O3/c1-3-14-12-16-9(2)10(18(20)21)11(17-12)15-8-13(19)6-4-5-7-13/h19H,3-8H2,1-2H3,(H2,14,15,16,17). The van der Waals surface area contributed by atoms with Crippen molar-refractivity contribution in [2.75, 3.05) is 23.7 Å². The van der Waals surface area contributed by atoms with Crippen molar-refractivity contribution < 1.29 is 10.0 Å². The van der Waals surface area contributed by atoms with E-state index in [0.29, 0.717) is 31.0 Å². The molecule has 1 aromatic heterocycles. The van der Waals surface area contributed by atoms with Crippen LogP contribution in [0.1, 0.15) is 38.3 Å². The maximum Gasteiger partial charge on any atom is 0.332 e. The molecule has 0 bridgehead atoms. The van der Waals surface area contributed by atoms with E-state index in [9.17, 15) is 15.2 Å². The van der Waals surface area contributed by atoms with Gasteiger partial charge in [-0.15, -0.1) is 0 Å². The molecule has 8 heteroatoms. The van der Waals surface area contributed by atoms with Gasteiger partial charge < -0.3 is 15.7 Å². The van der Waals surface area contributed by atoms with E-state index in [1.807, 2.05) is 6.92 Å². The van der Waals surface area contributed by atoms with E-state index in [2.05, 4.69) is 20.6 Å². The first-order valence-electron chi connectivity index (χ1n) is 7.18. The quantitative estimate of drug-likeness (QED) is 0.542.